The molecule has 8 nitrogen and oxygen atoms in total. The Morgan fingerprint density at radius 3 is 2.93 bits per heavy atom. The molecule has 1 fully saturated rings. The minimum Gasteiger partial charge on any atom is -0.495 e. The van der Waals surface area contributed by atoms with E-state index in [-0.39, 0.29) is 23.7 Å². The first kappa shape index (κ1) is 20.1. The smallest absolute Gasteiger partial charge is 0.283 e. The number of hydrogen-bond donors (Lipinski definition) is 2. The van der Waals surface area contributed by atoms with Gasteiger partial charge in [-0.2, -0.15) is 0 Å². The Morgan fingerprint density at radius 2 is 2.20 bits per heavy atom. The summed E-state index contributed by atoms with van der Waals surface area (Å²) in [5, 5.41) is 2.75. The Balaban J connectivity index is 1.64. The van der Waals surface area contributed by atoms with E-state index in [0.717, 1.165) is 0 Å². The van der Waals surface area contributed by atoms with E-state index in [9.17, 15) is 9.18 Å². The zero-order valence-corrected chi connectivity index (χ0v) is 16.7. The average molecular weight is 414 g/mol. The molecule has 1 saturated heterocycles. The minimum absolute atomic E-state index is 0.0249. The van der Waals surface area contributed by atoms with Gasteiger partial charge in [0.2, 0.25) is 0 Å². The quantitative estimate of drug-likeness (QED) is 0.796. The number of rotatable bonds is 4. The van der Waals surface area contributed by atoms with Crippen LogP contribution in [0, 0.1) is 11.7 Å². The number of carbonyl (C=O) groups excluding carboxylic acids is 1. The number of amidine groups is 1. The molecule has 1 aromatic heterocycles. The highest BCUT2D eigenvalue weighted by molar-refractivity contribution is 6.02. The van der Waals surface area contributed by atoms with Crippen LogP contribution < -0.4 is 15.8 Å². The van der Waals surface area contributed by atoms with Crippen molar-refractivity contribution < 1.29 is 23.4 Å². The molecule has 0 bridgehead atoms. The molecule has 3 heterocycles. The van der Waals surface area contributed by atoms with Gasteiger partial charge in [0.15, 0.2) is 0 Å². The molecule has 1 aromatic carbocycles. The van der Waals surface area contributed by atoms with Crippen LogP contribution in [-0.4, -0.2) is 43.3 Å². The van der Waals surface area contributed by atoms with E-state index < -0.39 is 17.3 Å². The number of nitrogens with one attached hydrogen (secondary N) is 1. The Morgan fingerprint density at radius 1 is 1.37 bits per heavy atom. The van der Waals surface area contributed by atoms with Crippen LogP contribution in [-0.2, 0) is 15.0 Å². The predicted octanol–water partition coefficient (Wildman–Crippen LogP) is 2.45. The lowest BCUT2D eigenvalue weighted by molar-refractivity contribution is -0.0699. The molecule has 30 heavy (non-hydrogen) atoms. The Kier molecular flexibility index (Phi) is 5.29. The maximum Gasteiger partial charge on any atom is 0.283 e. The van der Waals surface area contributed by atoms with Gasteiger partial charge in [-0.1, -0.05) is 0 Å². The molecule has 0 radical (unpaired) electrons. The number of methoxy groups -OCH3 is 1. The first-order chi connectivity index (χ1) is 14.4. The summed E-state index contributed by atoms with van der Waals surface area (Å²) in [6, 6.07) is 7.58. The highest BCUT2D eigenvalue weighted by atomic mass is 19.1. The van der Waals surface area contributed by atoms with Gasteiger partial charge in [0.1, 0.15) is 23.4 Å². The number of halogens is 1. The van der Waals surface area contributed by atoms with Crippen molar-refractivity contribution in [1.82, 2.24) is 4.98 Å². The summed E-state index contributed by atoms with van der Waals surface area (Å²) in [6.45, 7) is 2.74. The standard InChI is InChI=1S/C21H23FN4O4/c1-21(15-11-29-8-7-18(15)30-20(23)26-21)14-9-12(3-5-16(14)22)25-19(27)17-6-4-13(28-2)10-24-17/h3-6,9-10,15,18H,7-8,11H2,1-2H3,(H2,23,26)(H,25,27)/t15?,18?,21-/m1/s1. The molecule has 2 aliphatic rings. The van der Waals surface area contributed by atoms with Gasteiger partial charge >= 0.3 is 0 Å². The van der Waals surface area contributed by atoms with E-state index >= 15 is 0 Å². The number of hydrogen-bond acceptors (Lipinski definition) is 7. The molecule has 0 saturated carbocycles. The second-order valence-corrected chi connectivity index (χ2v) is 7.46. The third-order valence-corrected chi connectivity index (χ3v) is 5.60. The fourth-order valence-corrected chi connectivity index (χ4v) is 3.96. The number of amides is 1. The van der Waals surface area contributed by atoms with E-state index in [2.05, 4.69) is 15.3 Å². The van der Waals surface area contributed by atoms with Crippen LogP contribution in [0.4, 0.5) is 10.1 Å². The monoisotopic (exact) mass is 414 g/mol. The van der Waals surface area contributed by atoms with Crippen LogP contribution in [0.15, 0.2) is 41.5 Å². The van der Waals surface area contributed by atoms with Crippen molar-refractivity contribution in [3.63, 3.8) is 0 Å². The van der Waals surface area contributed by atoms with Gasteiger partial charge in [-0.15, -0.1) is 0 Å². The molecule has 2 unspecified atom stereocenters. The van der Waals surface area contributed by atoms with Gasteiger partial charge in [0.25, 0.3) is 11.9 Å². The zero-order chi connectivity index (χ0) is 21.3. The molecule has 158 valence electrons. The lowest BCUT2D eigenvalue weighted by atomic mass is 9.74. The maximum absolute atomic E-state index is 14.9. The zero-order valence-electron chi connectivity index (χ0n) is 16.7. The maximum atomic E-state index is 14.9. The van der Waals surface area contributed by atoms with Crippen LogP contribution in [0.5, 0.6) is 5.75 Å². The van der Waals surface area contributed by atoms with Gasteiger partial charge in [-0.25, -0.2) is 14.4 Å². The molecule has 3 atom stereocenters. The molecule has 0 spiro atoms. The van der Waals surface area contributed by atoms with Crippen molar-refractivity contribution in [2.24, 2.45) is 16.6 Å². The average Bonchev–Trinajstić information content (AvgIpc) is 2.75. The van der Waals surface area contributed by atoms with Gasteiger partial charge in [0, 0.05) is 23.6 Å². The number of anilines is 1. The molecule has 4 rings (SSSR count). The van der Waals surface area contributed by atoms with E-state index in [0.29, 0.717) is 36.6 Å². The summed E-state index contributed by atoms with van der Waals surface area (Å²) in [5.41, 5.74) is 5.85. The molecule has 3 N–H and O–H groups in total. The largest absolute Gasteiger partial charge is 0.495 e. The third-order valence-electron chi connectivity index (χ3n) is 5.60. The van der Waals surface area contributed by atoms with Crippen LogP contribution >= 0.6 is 0 Å². The fraction of sp³-hybridized carbons (Fsp3) is 0.381. The molecule has 2 aromatic rings. The predicted molar refractivity (Wildman–Crippen MR) is 108 cm³/mol. The van der Waals surface area contributed by atoms with Gasteiger partial charge in [-0.05, 0) is 37.3 Å². The van der Waals surface area contributed by atoms with Gasteiger partial charge in [-0.3, -0.25) is 4.79 Å². The summed E-state index contributed by atoms with van der Waals surface area (Å²) in [4.78, 5) is 21.1. The summed E-state index contributed by atoms with van der Waals surface area (Å²) in [5.74, 6) is -0.528. The van der Waals surface area contributed by atoms with E-state index in [1.54, 1.807) is 18.2 Å². The normalized spacial score (nSPS) is 25.5. The first-order valence-electron chi connectivity index (χ1n) is 9.62. The Labute approximate surface area is 173 Å². The van der Waals surface area contributed by atoms with Crippen molar-refractivity contribution >= 4 is 17.6 Å². The fourth-order valence-electron chi connectivity index (χ4n) is 3.96. The highest BCUT2D eigenvalue weighted by Crippen LogP contribution is 2.43. The number of nitrogens with zero attached hydrogens (tertiary/aromatic N) is 2. The topological polar surface area (TPSA) is 108 Å². The molecule has 9 heteroatoms. The van der Waals surface area contributed by atoms with E-state index in [1.165, 1.54) is 25.4 Å². The summed E-state index contributed by atoms with van der Waals surface area (Å²) >= 11 is 0. The third kappa shape index (κ3) is 3.68. The van der Waals surface area contributed by atoms with Crippen molar-refractivity contribution in [1.29, 1.82) is 0 Å². The summed E-state index contributed by atoms with van der Waals surface area (Å²) in [7, 11) is 1.52. The van der Waals surface area contributed by atoms with E-state index in [1.807, 2.05) is 6.92 Å². The number of benzene rings is 1. The molecule has 0 aliphatic carbocycles. The molecular formula is C21H23FN4O4. The molecular weight excluding hydrogens is 391 g/mol. The number of nitrogens with two attached hydrogens (primary N) is 1. The first-order valence-corrected chi connectivity index (χ1v) is 9.62. The van der Waals surface area contributed by atoms with Crippen molar-refractivity contribution in [2.45, 2.75) is 25.0 Å². The highest BCUT2D eigenvalue weighted by Gasteiger charge is 2.48. The van der Waals surface area contributed by atoms with Crippen molar-refractivity contribution in [3.8, 4) is 5.75 Å². The number of carbonyl (C=O) groups is 1. The van der Waals surface area contributed by atoms with Gasteiger partial charge in [0.05, 0.1) is 32.1 Å². The number of ether oxygens (including phenoxy) is 3. The molecule has 2 aliphatic heterocycles. The van der Waals surface area contributed by atoms with Crippen molar-refractivity contribution in [2.75, 3.05) is 25.6 Å². The number of aliphatic imine (C=N–C) groups is 1. The Bertz CT molecular complexity index is 981. The summed E-state index contributed by atoms with van der Waals surface area (Å²) in [6.07, 6.45) is 1.90. The van der Waals surface area contributed by atoms with Gasteiger partial charge < -0.3 is 25.3 Å². The van der Waals surface area contributed by atoms with Crippen LogP contribution in [0.25, 0.3) is 0 Å². The second-order valence-electron chi connectivity index (χ2n) is 7.46. The van der Waals surface area contributed by atoms with Crippen LogP contribution in [0.1, 0.15) is 29.4 Å². The second kappa shape index (κ2) is 7.91. The van der Waals surface area contributed by atoms with E-state index in [4.69, 9.17) is 19.9 Å². The van der Waals surface area contributed by atoms with Crippen molar-refractivity contribution in [3.05, 3.63) is 53.6 Å². The molecule has 1 amide bonds. The summed E-state index contributed by atoms with van der Waals surface area (Å²) < 4.78 is 31.2. The Hall–Kier alpha value is -3.20. The lowest BCUT2D eigenvalue weighted by Gasteiger charge is -2.45. The lowest BCUT2D eigenvalue weighted by Crippen LogP contribution is -2.52. The van der Waals surface area contributed by atoms with Crippen LogP contribution in [0.2, 0.25) is 0 Å². The number of pyridine rings is 1. The minimum atomic E-state index is -0.989. The number of fused-ring (bicyclic) bond motifs is 1. The van der Waals surface area contributed by atoms with Crippen LogP contribution in [0.3, 0.4) is 0 Å². The number of aromatic nitrogens is 1. The SMILES string of the molecule is COc1ccc(C(=O)Nc2ccc(F)c([C@@]3(C)N=C(N)OC4CCOCC43)c2)nc1.